The van der Waals surface area contributed by atoms with Gasteiger partial charge >= 0.3 is 0 Å². The zero-order valence-corrected chi connectivity index (χ0v) is 20.0. The van der Waals surface area contributed by atoms with Crippen LogP contribution in [-0.2, 0) is 27.2 Å². The fraction of sp³-hybridized carbons (Fsp3) is 0.444. The van der Waals surface area contributed by atoms with Gasteiger partial charge < -0.3 is 31.3 Å². The van der Waals surface area contributed by atoms with Crippen LogP contribution in [0.15, 0.2) is 54.6 Å². The molecule has 9 heteroatoms. The van der Waals surface area contributed by atoms with E-state index in [1.165, 1.54) is 17.0 Å². The molecular formula is C27H33N3O6. The van der Waals surface area contributed by atoms with Crippen molar-refractivity contribution in [3.05, 3.63) is 65.7 Å². The molecule has 0 bridgehead atoms. The molecule has 6 atom stereocenters. The van der Waals surface area contributed by atoms with Crippen LogP contribution in [0.2, 0.25) is 0 Å². The second-order valence-electron chi connectivity index (χ2n) is 9.83. The van der Waals surface area contributed by atoms with Crippen molar-refractivity contribution in [2.45, 2.75) is 68.9 Å². The number of phenols is 1. The van der Waals surface area contributed by atoms with E-state index in [4.69, 9.17) is 5.73 Å². The van der Waals surface area contributed by atoms with Crippen LogP contribution < -0.4 is 11.1 Å². The number of aromatic hydroxyl groups is 1. The number of nitrogens with zero attached hydrogens (tertiary/aromatic N) is 1. The first-order valence-corrected chi connectivity index (χ1v) is 12.3. The number of hydrogen-bond donors (Lipinski definition) is 5. The third-order valence-electron chi connectivity index (χ3n) is 7.30. The molecule has 0 radical (unpaired) electrons. The summed E-state index contributed by atoms with van der Waals surface area (Å²) in [5.74, 6) is -1.64. The van der Waals surface area contributed by atoms with E-state index in [0.29, 0.717) is 31.2 Å². The molecule has 6 N–H and O–H groups in total. The van der Waals surface area contributed by atoms with Gasteiger partial charge in [-0.15, -0.1) is 0 Å². The van der Waals surface area contributed by atoms with E-state index < -0.39 is 42.0 Å². The molecular weight excluding hydrogens is 462 g/mol. The van der Waals surface area contributed by atoms with Crippen molar-refractivity contribution in [2.75, 3.05) is 0 Å². The summed E-state index contributed by atoms with van der Waals surface area (Å²) in [6.45, 7) is 0. The van der Waals surface area contributed by atoms with Gasteiger partial charge in [-0.2, -0.15) is 0 Å². The monoisotopic (exact) mass is 495 g/mol. The zero-order chi connectivity index (χ0) is 25.8. The first kappa shape index (κ1) is 25.7. The summed E-state index contributed by atoms with van der Waals surface area (Å²) in [6.07, 6.45) is 0.284. The van der Waals surface area contributed by atoms with E-state index in [2.05, 4.69) is 5.32 Å². The van der Waals surface area contributed by atoms with Crippen LogP contribution in [0.1, 0.15) is 36.8 Å². The minimum Gasteiger partial charge on any atom is -0.508 e. The van der Waals surface area contributed by atoms with Crippen LogP contribution >= 0.6 is 0 Å². The molecule has 4 rings (SSSR count). The Morgan fingerprint density at radius 3 is 2.31 bits per heavy atom. The van der Waals surface area contributed by atoms with Crippen LogP contribution in [0.4, 0.5) is 0 Å². The number of fused-ring (bicyclic) bond motifs is 1. The summed E-state index contributed by atoms with van der Waals surface area (Å²) in [5, 5.41) is 33.0. The molecule has 9 nitrogen and oxygen atoms in total. The minimum atomic E-state index is -1.42. The third kappa shape index (κ3) is 5.85. The van der Waals surface area contributed by atoms with Crippen molar-refractivity contribution in [1.82, 2.24) is 10.2 Å². The maximum absolute atomic E-state index is 13.9. The van der Waals surface area contributed by atoms with Crippen molar-refractivity contribution in [2.24, 2.45) is 11.7 Å². The highest BCUT2D eigenvalue weighted by Gasteiger charge is 2.49. The fourth-order valence-electron chi connectivity index (χ4n) is 5.45. The molecule has 0 spiro atoms. The topological polar surface area (TPSA) is 153 Å². The maximum atomic E-state index is 13.9. The Labute approximate surface area is 209 Å². The number of rotatable bonds is 8. The molecule has 36 heavy (non-hydrogen) atoms. The van der Waals surface area contributed by atoms with Crippen LogP contribution in [0.3, 0.4) is 0 Å². The van der Waals surface area contributed by atoms with Crippen molar-refractivity contribution in [3.8, 4) is 5.75 Å². The van der Waals surface area contributed by atoms with E-state index in [9.17, 15) is 29.7 Å². The van der Waals surface area contributed by atoms with Gasteiger partial charge in [-0.1, -0.05) is 42.5 Å². The second kappa shape index (κ2) is 11.1. The quantitative estimate of drug-likeness (QED) is 0.362. The molecule has 2 aliphatic rings. The van der Waals surface area contributed by atoms with Gasteiger partial charge in [0, 0.05) is 18.9 Å². The second-order valence-corrected chi connectivity index (χ2v) is 9.83. The molecule has 1 aliphatic heterocycles. The lowest BCUT2D eigenvalue weighted by atomic mass is 9.83. The van der Waals surface area contributed by atoms with Gasteiger partial charge in [0.05, 0.1) is 6.10 Å². The number of aliphatic hydroxyl groups excluding tert-OH is 2. The molecule has 1 aliphatic carbocycles. The van der Waals surface area contributed by atoms with E-state index >= 15 is 0 Å². The van der Waals surface area contributed by atoms with Gasteiger partial charge in [0.1, 0.15) is 23.9 Å². The summed E-state index contributed by atoms with van der Waals surface area (Å²) in [5.41, 5.74) is 7.12. The number of phenolic OH excluding ortho intramolecular Hbond substituents is 1. The number of nitrogens with one attached hydrogen (secondary N) is 1. The predicted molar refractivity (Wildman–Crippen MR) is 131 cm³/mol. The number of hydrogen-bond acceptors (Lipinski definition) is 6. The number of carbonyl (C=O) groups excluding carboxylic acids is 3. The molecule has 0 aromatic heterocycles. The Hall–Kier alpha value is -3.43. The number of carbonyl (C=O) groups is 3. The van der Waals surface area contributed by atoms with Gasteiger partial charge in [-0.25, -0.2) is 0 Å². The summed E-state index contributed by atoms with van der Waals surface area (Å²) in [7, 11) is 0. The molecule has 2 aromatic carbocycles. The molecule has 3 amide bonds. The number of nitrogens with two attached hydrogens (primary N) is 1. The van der Waals surface area contributed by atoms with Gasteiger partial charge in [0.25, 0.3) is 0 Å². The van der Waals surface area contributed by atoms with Crippen molar-refractivity contribution in [1.29, 1.82) is 0 Å². The Bertz CT molecular complexity index is 1080. The first-order chi connectivity index (χ1) is 17.2. The lowest BCUT2D eigenvalue weighted by Gasteiger charge is -2.37. The average molecular weight is 496 g/mol. The zero-order valence-electron chi connectivity index (χ0n) is 20.0. The Morgan fingerprint density at radius 1 is 0.972 bits per heavy atom. The van der Waals surface area contributed by atoms with E-state index in [1.54, 1.807) is 12.1 Å². The lowest BCUT2D eigenvalue weighted by Crippen LogP contribution is -2.58. The molecule has 1 saturated heterocycles. The minimum absolute atomic E-state index is 0.00285. The van der Waals surface area contributed by atoms with Crippen LogP contribution in [0, 0.1) is 5.92 Å². The van der Waals surface area contributed by atoms with Crippen LogP contribution in [0.25, 0.3) is 0 Å². The van der Waals surface area contributed by atoms with E-state index in [0.717, 1.165) is 5.56 Å². The number of amides is 3. The SMILES string of the molecule is NC(=O)C1CC2CCC(O)CC2N1C(=O)C(Cc1ccccc1)NC(=O)C(O)Cc1ccc(O)cc1. The number of aliphatic hydroxyl groups is 2. The summed E-state index contributed by atoms with van der Waals surface area (Å²) >= 11 is 0. The van der Waals surface area contributed by atoms with Crippen molar-refractivity contribution in [3.63, 3.8) is 0 Å². The molecule has 2 aromatic rings. The van der Waals surface area contributed by atoms with Crippen molar-refractivity contribution < 1.29 is 29.7 Å². The van der Waals surface area contributed by atoms with Gasteiger partial charge in [0.2, 0.25) is 17.7 Å². The van der Waals surface area contributed by atoms with Gasteiger partial charge in [-0.05, 0) is 54.9 Å². The summed E-state index contributed by atoms with van der Waals surface area (Å²) in [6, 6.07) is 13.1. The Balaban J connectivity index is 1.56. The normalized spacial score (nSPS) is 25.0. The molecule has 1 saturated carbocycles. The molecule has 1 heterocycles. The largest absolute Gasteiger partial charge is 0.508 e. The highest BCUT2D eigenvalue weighted by molar-refractivity contribution is 5.93. The van der Waals surface area contributed by atoms with Gasteiger partial charge in [0.15, 0.2) is 0 Å². The smallest absolute Gasteiger partial charge is 0.249 e. The summed E-state index contributed by atoms with van der Waals surface area (Å²) in [4.78, 5) is 40.6. The first-order valence-electron chi connectivity index (χ1n) is 12.3. The Morgan fingerprint density at radius 2 is 1.64 bits per heavy atom. The fourth-order valence-corrected chi connectivity index (χ4v) is 5.45. The molecule has 2 fully saturated rings. The van der Waals surface area contributed by atoms with E-state index in [-0.39, 0.29) is 30.6 Å². The highest BCUT2D eigenvalue weighted by Crippen LogP contribution is 2.40. The number of likely N-dealkylation sites (tertiary alicyclic amines) is 1. The van der Waals surface area contributed by atoms with Crippen LogP contribution in [0.5, 0.6) is 5.75 Å². The Kier molecular flexibility index (Phi) is 7.91. The molecule has 6 unspecified atom stereocenters. The number of primary amides is 1. The highest BCUT2D eigenvalue weighted by atomic mass is 16.3. The maximum Gasteiger partial charge on any atom is 0.249 e. The lowest BCUT2D eigenvalue weighted by molar-refractivity contribution is -0.144. The predicted octanol–water partition coefficient (Wildman–Crippen LogP) is 0.639. The third-order valence-corrected chi connectivity index (χ3v) is 7.30. The van der Waals surface area contributed by atoms with E-state index in [1.807, 2.05) is 30.3 Å². The number of benzene rings is 2. The molecule has 192 valence electrons. The average Bonchev–Trinajstić information content (AvgIpc) is 3.24. The van der Waals surface area contributed by atoms with Crippen LogP contribution in [-0.4, -0.2) is 68.3 Å². The standard InChI is InChI=1S/C27H33N3O6/c28-25(34)23-14-18-8-11-20(32)15-22(18)30(23)27(36)21(12-16-4-2-1-3-5-16)29-26(35)24(33)13-17-6-9-19(31)10-7-17/h1-7,9-10,18,20-24,31-33H,8,11-15H2,(H2,28,34)(H,29,35). The van der Waals surface area contributed by atoms with Gasteiger partial charge in [-0.3, -0.25) is 14.4 Å². The van der Waals surface area contributed by atoms with Crippen molar-refractivity contribution >= 4 is 17.7 Å². The summed E-state index contributed by atoms with van der Waals surface area (Å²) < 4.78 is 0.